The zero-order chi connectivity index (χ0) is 18.9. The van der Waals surface area contributed by atoms with Gasteiger partial charge in [0.25, 0.3) is 5.91 Å². The van der Waals surface area contributed by atoms with Gasteiger partial charge in [-0.15, -0.1) is 0 Å². The van der Waals surface area contributed by atoms with Crippen LogP contribution in [0.5, 0.6) is 11.5 Å². The van der Waals surface area contributed by atoms with Crippen molar-refractivity contribution in [2.24, 2.45) is 0 Å². The number of halogens is 1. The molecule has 7 heteroatoms. The number of methoxy groups -OCH3 is 1. The molecule has 0 spiro atoms. The summed E-state index contributed by atoms with van der Waals surface area (Å²) in [5.41, 5.74) is 1.39. The Morgan fingerprint density at radius 2 is 2.00 bits per heavy atom. The quantitative estimate of drug-likeness (QED) is 0.699. The summed E-state index contributed by atoms with van der Waals surface area (Å²) in [6, 6.07) is 12.3. The van der Waals surface area contributed by atoms with E-state index in [-0.39, 0.29) is 11.0 Å². The van der Waals surface area contributed by atoms with Gasteiger partial charge in [0.15, 0.2) is 16.6 Å². The van der Waals surface area contributed by atoms with Crippen molar-refractivity contribution >= 4 is 34.8 Å². The first-order valence-electron chi connectivity index (χ1n) is 8.18. The van der Waals surface area contributed by atoms with E-state index in [1.54, 1.807) is 31.4 Å². The second-order valence-corrected chi connectivity index (χ2v) is 6.33. The number of ether oxygens (including phenoxy) is 2. The molecule has 26 heavy (non-hydrogen) atoms. The molecule has 5 nitrogen and oxygen atoms in total. The Morgan fingerprint density at radius 1 is 1.19 bits per heavy atom. The van der Waals surface area contributed by atoms with Gasteiger partial charge in [0.05, 0.1) is 13.7 Å². The van der Waals surface area contributed by atoms with Crippen LogP contribution in [0.3, 0.4) is 0 Å². The molecule has 0 aliphatic rings. The van der Waals surface area contributed by atoms with Crippen molar-refractivity contribution in [3.8, 4) is 11.5 Å². The molecule has 0 saturated carbocycles. The van der Waals surface area contributed by atoms with Crippen molar-refractivity contribution in [2.75, 3.05) is 13.7 Å². The molecule has 0 atom stereocenters. The van der Waals surface area contributed by atoms with Gasteiger partial charge >= 0.3 is 0 Å². The van der Waals surface area contributed by atoms with Crippen LogP contribution < -0.4 is 20.1 Å². The van der Waals surface area contributed by atoms with E-state index in [2.05, 4.69) is 10.6 Å². The molecular weight excluding hydrogens is 372 g/mol. The van der Waals surface area contributed by atoms with Gasteiger partial charge in [-0.2, -0.15) is 0 Å². The lowest BCUT2D eigenvalue weighted by atomic mass is 10.2. The molecule has 2 N–H and O–H groups in total. The van der Waals surface area contributed by atoms with Crippen LogP contribution in [0, 0.1) is 0 Å². The van der Waals surface area contributed by atoms with Crippen LogP contribution in [-0.4, -0.2) is 24.7 Å². The summed E-state index contributed by atoms with van der Waals surface area (Å²) in [6.07, 6.45) is 0.924. The maximum Gasteiger partial charge on any atom is 0.257 e. The summed E-state index contributed by atoms with van der Waals surface area (Å²) in [6.45, 7) is 3.12. The molecule has 2 aromatic carbocycles. The van der Waals surface area contributed by atoms with Gasteiger partial charge in [-0.3, -0.25) is 10.1 Å². The Morgan fingerprint density at radius 3 is 2.69 bits per heavy atom. The van der Waals surface area contributed by atoms with E-state index >= 15 is 0 Å². The van der Waals surface area contributed by atoms with Crippen molar-refractivity contribution in [3.05, 3.63) is 58.6 Å². The molecule has 0 aliphatic carbocycles. The molecule has 0 aliphatic heterocycles. The van der Waals surface area contributed by atoms with Crippen molar-refractivity contribution in [2.45, 2.75) is 19.9 Å². The first kappa shape index (κ1) is 20.0. The normalized spacial score (nSPS) is 10.1. The van der Waals surface area contributed by atoms with Gasteiger partial charge in [-0.1, -0.05) is 30.7 Å². The van der Waals surface area contributed by atoms with Crippen LogP contribution >= 0.6 is 23.8 Å². The lowest BCUT2D eigenvalue weighted by Crippen LogP contribution is -2.38. The minimum Gasteiger partial charge on any atom is -0.493 e. The molecule has 0 saturated heterocycles. The number of rotatable bonds is 7. The average molecular weight is 393 g/mol. The predicted molar refractivity (Wildman–Crippen MR) is 107 cm³/mol. The Balaban J connectivity index is 1.91. The second-order valence-electron chi connectivity index (χ2n) is 5.48. The van der Waals surface area contributed by atoms with Gasteiger partial charge in [-0.05, 0) is 54.5 Å². The first-order chi connectivity index (χ1) is 12.5. The third kappa shape index (κ3) is 5.89. The third-order valence-corrected chi connectivity index (χ3v) is 3.94. The number of carbonyl (C=O) groups is 1. The van der Waals surface area contributed by atoms with Gasteiger partial charge in [0.1, 0.15) is 0 Å². The highest BCUT2D eigenvalue weighted by Gasteiger charge is 2.09. The number of benzene rings is 2. The van der Waals surface area contributed by atoms with E-state index < -0.39 is 0 Å². The number of amides is 1. The van der Waals surface area contributed by atoms with Gasteiger partial charge in [-0.25, -0.2) is 0 Å². The van der Waals surface area contributed by atoms with E-state index in [1.165, 1.54) is 0 Å². The molecule has 1 amide bonds. The Bertz CT molecular complexity index is 783. The van der Waals surface area contributed by atoms with Crippen LogP contribution in [0.1, 0.15) is 29.3 Å². The molecular formula is C19H21ClN2O3S. The Kier molecular flexibility index (Phi) is 7.69. The van der Waals surface area contributed by atoms with Gasteiger partial charge < -0.3 is 14.8 Å². The molecule has 0 unspecified atom stereocenters. The molecule has 2 rings (SSSR count). The molecule has 0 aromatic heterocycles. The minimum absolute atomic E-state index is 0.236. The molecule has 0 fully saturated rings. The molecule has 0 heterocycles. The molecule has 138 valence electrons. The Labute approximate surface area is 163 Å². The van der Waals surface area contributed by atoms with Gasteiger partial charge in [0.2, 0.25) is 0 Å². The standard InChI is InChI=1S/C19H21ClN2O3S/c1-3-9-25-16-8-7-13(10-17(16)24-2)12-21-19(26)22-18(23)14-5-4-6-15(20)11-14/h4-8,10-11H,3,9,12H2,1-2H3,(H2,21,22,23,26). The maximum absolute atomic E-state index is 12.1. The number of hydrogen-bond donors (Lipinski definition) is 2. The minimum atomic E-state index is -0.314. The van der Waals surface area contributed by atoms with Crippen LogP contribution in [0.2, 0.25) is 5.02 Å². The van der Waals surface area contributed by atoms with E-state index in [0.29, 0.717) is 35.2 Å². The summed E-state index contributed by atoms with van der Waals surface area (Å²) in [5, 5.41) is 6.36. The summed E-state index contributed by atoms with van der Waals surface area (Å²) in [4.78, 5) is 12.1. The molecule has 0 radical (unpaired) electrons. The van der Waals surface area contributed by atoms with E-state index in [9.17, 15) is 4.79 Å². The Hall–Kier alpha value is -2.31. The SMILES string of the molecule is CCCOc1ccc(CNC(=S)NC(=O)c2cccc(Cl)c2)cc1OC. The fourth-order valence-electron chi connectivity index (χ4n) is 2.18. The lowest BCUT2D eigenvalue weighted by molar-refractivity contribution is 0.0976. The summed E-state index contributed by atoms with van der Waals surface area (Å²) < 4.78 is 11.0. The average Bonchev–Trinajstić information content (AvgIpc) is 2.64. The van der Waals surface area contributed by atoms with Gasteiger partial charge in [0, 0.05) is 17.1 Å². The number of hydrogen-bond acceptors (Lipinski definition) is 4. The van der Waals surface area contributed by atoms with E-state index in [0.717, 1.165) is 12.0 Å². The third-order valence-electron chi connectivity index (χ3n) is 3.46. The number of thiocarbonyl (C=S) groups is 1. The highest BCUT2D eigenvalue weighted by molar-refractivity contribution is 7.80. The number of carbonyl (C=O) groups excluding carboxylic acids is 1. The number of nitrogens with one attached hydrogen (secondary N) is 2. The fourth-order valence-corrected chi connectivity index (χ4v) is 2.54. The maximum atomic E-state index is 12.1. The fraction of sp³-hybridized carbons (Fsp3) is 0.263. The van der Waals surface area contributed by atoms with Crippen LogP contribution in [0.25, 0.3) is 0 Å². The summed E-state index contributed by atoms with van der Waals surface area (Å²) in [5.74, 6) is 1.05. The lowest BCUT2D eigenvalue weighted by Gasteiger charge is -2.13. The van der Waals surface area contributed by atoms with Crippen molar-refractivity contribution < 1.29 is 14.3 Å². The van der Waals surface area contributed by atoms with E-state index in [4.69, 9.17) is 33.3 Å². The zero-order valence-corrected chi connectivity index (χ0v) is 16.2. The smallest absolute Gasteiger partial charge is 0.257 e. The van der Waals surface area contributed by atoms with Crippen LogP contribution in [-0.2, 0) is 6.54 Å². The zero-order valence-electron chi connectivity index (χ0n) is 14.7. The largest absolute Gasteiger partial charge is 0.493 e. The van der Waals surface area contributed by atoms with Crippen molar-refractivity contribution in [1.29, 1.82) is 0 Å². The van der Waals surface area contributed by atoms with Crippen LogP contribution in [0.4, 0.5) is 0 Å². The highest BCUT2D eigenvalue weighted by Crippen LogP contribution is 2.28. The monoisotopic (exact) mass is 392 g/mol. The van der Waals surface area contributed by atoms with Crippen molar-refractivity contribution in [1.82, 2.24) is 10.6 Å². The van der Waals surface area contributed by atoms with Crippen molar-refractivity contribution in [3.63, 3.8) is 0 Å². The molecule has 2 aromatic rings. The highest BCUT2D eigenvalue weighted by atomic mass is 35.5. The predicted octanol–water partition coefficient (Wildman–Crippen LogP) is 3.94. The summed E-state index contributed by atoms with van der Waals surface area (Å²) in [7, 11) is 1.60. The topological polar surface area (TPSA) is 59.6 Å². The first-order valence-corrected chi connectivity index (χ1v) is 8.96. The summed E-state index contributed by atoms with van der Waals surface area (Å²) >= 11 is 11.1. The molecule has 0 bridgehead atoms. The second kappa shape index (κ2) is 9.99. The van der Waals surface area contributed by atoms with Crippen LogP contribution in [0.15, 0.2) is 42.5 Å². The van der Waals surface area contributed by atoms with E-state index in [1.807, 2.05) is 25.1 Å².